The molecule has 11 heteroatoms. The van der Waals surface area contributed by atoms with Gasteiger partial charge in [-0.1, -0.05) is 32.1 Å². The first kappa shape index (κ1) is 40.0. The normalized spacial score (nSPS) is 45.7. The number of cyclic esters (lactones) is 1. The Kier molecular flexibility index (Phi) is 13.4. The lowest BCUT2D eigenvalue weighted by Crippen LogP contribution is -2.59. The monoisotopic (exact) mass is 731 g/mol. The molecule has 3 aliphatic carbocycles. The van der Waals surface area contributed by atoms with Crippen molar-refractivity contribution in [2.24, 2.45) is 35.5 Å². The molecule has 3 aliphatic heterocycles. The molecule has 4 fully saturated rings. The number of nitrogens with zero attached hydrogens (tertiary/aromatic N) is 1. The van der Waals surface area contributed by atoms with E-state index < -0.39 is 12.4 Å². The second-order valence-corrected chi connectivity index (χ2v) is 16.5. The van der Waals surface area contributed by atoms with Crippen LogP contribution in [0.1, 0.15) is 85.5 Å². The summed E-state index contributed by atoms with van der Waals surface area (Å²) in [5.74, 6) is 0.0198. The summed E-state index contributed by atoms with van der Waals surface area (Å²) in [5, 5.41) is 0. The maximum absolute atomic E-state index is 14.7. The molecule has 0 spiro atoms. The molecule has 6 rings (SSSR count). The Balaban J connectivity index is 1.20. The van der Waals surface area contributed by atoms with Crippen LogP contribution in [0.15, 0.2) is 23.8 Å². The van der Waals surface area contributed by atoms with E-state index in [0.29, 0.717) is 18.4 Å². The molecule has 0 N–H and O–H groups in total. The van der Waals surface area contributed by atoms with Gasteiger partial charge in [0.2, 0.25) is 0 Å². The highest BCUT2D eigenvalue weighted by molar-refractivity contribution is 5.99. The minimum Gasteiger partial charge on any atom is -0.462 e. The van der Waals surface area contributed by atoms with Crippen molar-refractivity contribution in [3.05, 3.63) is 23.8 Å². The van der Waals surface area contributed by atoms with Gasteiger partial charge >= 0.3 is 5.97 Å². The number of Topliss-reactive ketones (excluding diaryl/α,β-unsaturated/α-hetero) is 1. The maximum Gasteiger partial charge on any atom is 0.306 e. The number of carbonyl (C=O) groups is 2. The first-order valence-corrected chi connectivity index (χ1v) is 20.0. The fourth-order valence-electron chi connectivity index (χ4n) is 10.4. The zero-order valence-electron chi connectivity index (χ0n) is 32.9. The van der Waals surface area contributed by atoms with E-state index in [-0.39, 0.29) is 96.8 Å². The number of allylic oxidation sites excluding steroid dienone is 4. The van der Waals surface area contributed by atoms with Crippen LogP contribution in [-0.4, -0.2) is 120 Å². The van der Waals surface area contributed by atoms with Crippen molar-refractivity contribution in [1.82, 2.24) is 4.90 Å². The predicted molar refractivity (Wildman–Crippen MR) is 194 cm³/mol. The summed E-state index contributed by atoms with van der Waals surface area (Å²) in [6.07, 6.45) is 10.8. The van der Waals surface area contributed by atoms with Gasteiger partial charge in [-0.3, -0.25) is 9.59 Å². The lowest BCUT2D eigenvalue weighted by molar-refractivity contribution is -0.314. The highest BCUT2D eigenvalue weighted by Crippen LogP contribution is 2.54. The topological polar surface area (TPSA) is 111 Å². The van der Waals surface area contributed by atoms with E-state index in [1.54, 1.807) is 21.3 Å². The molecule has 0 aromatic rings. The number of fused-ring (bicyclic) bond motifs is 5. The Bertz CT molecular complexity index is 1290. The first-order valence-electron chi connectivity index (χ1n) is 20.0. The third-order valence-electron chi connectivity index (χ3n) is 13.3. The van der Waals surface area contributed by atoms with Crippen LogP contribution >= 0.6 is 0 Å². The summed E-state index contributed by atoms with van der Waals surface area (Å²) in [6.45, 7) is 8.17. The number of hydrogen-bond donors (Lipinski definition) is 0. The van der Waals surface area contributed by atoms with Crippen molar-refractivity contribution in [1.29, 1.82) is 0 Å². The van der Waals surface area contributed by atoms with Crippen LogP contribution in [0.2, 0.25) is 0 Å². The summed E-state index contributed by atoms with van der Waals surface area (Å²) in [6, 6.07) is 0.339. The van der Waals surface area contributed by atoms with Gasteiger partial charge in [-0.25, -0.2) is 0 Å². The minimum absolute atomic E-state index is 0.0380. The molecule has 1 saturated carbocycles. The molecule has 0 bridgehead atoms. The van der Waals surface area contributed by atoms with Crippen molar-refractivity contribution in [3.8, 4) is 0 Å². The van der Waals surface area contributed by atoms with E-state index >= 15 is 0 Å². The van der Waals surface area contributed by atoms with Crippen LogP contribution in [0, 0.1) is 35.5 Å². The highest BCUT2D eigenvalue weighted by Gasteiger charge is 2.52. The van der Waals surface area contributed by atoms with E-state index in [9.17, 15) is 9.59 Å². The van der Waals surface area contributed by atoms with E-state index in [4.69, 9.17) is 37.9 Å². The van der Waals surface area contributed by atoms with Gasteiger partial charge < -0.3 is 42.8 Å². The molecule has 0 amide bonds. The second kappa shape index (κ2) is 17.4. The zero-order valence-corrected chi connectivity index (χ0v) is 32.9. The number of carbonyl (C=O) groups excluding carboxylic acids is 2. The molecule has 0 radical (unpaired) electrons. The van der Waals surface area contributed by atoms with Gasteiger partial charge in [0.25, 0.3) is 0 Å². The molecule has 3 heterocycles. The Morgan fingerprint density at radius 1 is 0.827 bits per heavy atom. The fourth-order valence-corrected chi connectivity index (χ4v) is 10.4. The number of hydrogen-bond acceptors (Lipinski definition) is 11. The van der Waals surface area contributed by atoms with Gasteiger partial charge in [-0.05, 0) is 109 Å². The molecule has 3 saturated heterocycles. The van der Waals surface area contributed by atoms with E-state index in [1.165, 1.54) is 0 Å². The predicted octanol–water partition coefficient (Wildman–Crippen LogP) is 5.49. The van der Waals surface area contributed by atoms with Crippen molar-refractivity contribution < 1.29 is 47.5 Å². The molecule has 52 heavy (non-hydrogen) atoms. The molecule has 11 nitrogen and oxygen atoms in total. The molecule has 3 unspecified atom stereocenters. The zero-order chi connectivity index (χ0) is 37.3. The van der Waals surface area contributed by atoms with Crippen LogP contribution in [0.5, 0.6) is 0 Å². The van der Waals surface area contributed by atoms with E-state index in [1.807, 2.05) is 13.8 Å². The van der Waals surface area contributed by atoms with Crippen LogP contribution in [0.25, 0.3) is 0 Å². The van der Waals surface area contributed by atoms with Crippen molar-refractivity contribution in [2.45, 2.75) is 153 Å². The van der Waals surface area contributed by atoms with Gasteiger partial charge in [-0.15, -0.1) is 0 Å². The first-order chi connectivity index (χ1) is 25.0. The van der Waals surface area contributed by atoms with Crippen LogP contribution in [-0.2, 0) is 47.5 Å². The number of methoxy groups -OCH3 is 3. The highest BCUT2D eigenvalue weighted by atomic mass is 16.7. The van der Waals surface area contributed by atoms with Crippen molar-refractivity contribution >= 4 is 11.8 Å². The van der Waals surface area contributed by atoms with Gasteiger partial charge in [-0.2, -0.15) is 0 Å². The van der Waals surface area contributed by atoms with Crippen LogP contribution in [0.3, 0.4) is 0 Å². The fraction of sp³-hybridized carbons (Fsp3) is 0.854. The number of likely N-dealkylation sites (N-methyl/N-ethyl adjacent to an activating group) is 1. The Labute approximate surface area is 311 Å². The molecular formula is C41H65NO10. The van der Waals surface area contributed by atoms with Crippen molar-refractivity contribution in [2.75, 3.05) is 35.4 Å². The largest absolute Gasteiger partial charge is 0.462 e. The lowest BCUT2D eigenvalue weighted by Gasteiger charge is -2.44. The van der Waals surface area contributed by atoms with Crippen LogP contribution < -0.4 is 0 Å². The lowest BCUT2D eigenvalue weighted by atomic mass is 9.70. The van der Waals surface area contributed by atoms with E-state index in [0.717, 1.165) is 50.5 Å². The number of ether oxygens (including phenoxy) is 8. The molecular weight excluding hydrogens is 666 g/mol. The van der Waals surface area contributed by atoms with Crippen LogP contribution in [0.4, 0.5) is 0 Å². The molecule has 0 aromatic carbocycles. The number of rotatable bonds is 9. The summed E-state index contributed by atoms with van der Waals surface area (Å²) in [5.41, 5.74) is 0.763. The third kappa shape index (κ3) is 8.27. The second-order valence-electron chi connectivity index (χ2n) is 16.5. The summed E-state index contributed by atoms with van der Waals surface area (Å²) in [7, 11) is 9.15. The number of ketones is 1. The smallest absolute Gasteiger partial charge is 0.306 e. The number of esters is 1. The quantitative estimate of drug-likeness (QED) is 0.222. The van der Waals surface area contributed by atoms with Gasteiger partial charge in [0.1, 0.15) is 24.4 Å². The standard InChI is InChI=1S/C41H65NO10/c1-10-26-12-11-13-34(52-36-17-16-33(42(5)6)23(3)48-36)22(2)37(44)32-20-30-28(31(32)21-35(43)50-26)15-14-25-18-27(19-29(25)30)51-41-40(47-9)39(46-8)38(45-7)24(4)49-41/h14-15,20,22-31,33-34,36,38-41H,10-13,16-19,21H2,1-9H3/t22-,23-,24+,25-,26+,27-,28?,29?,30-,31+,33+,34+,36+,38+,39-,40-,41?/m1/s1. The Hall–Kier alpha value is -1.70. The Morgan fingerprint density at radius 3 is 2.25 bits per heavy atom. The Morgan fingerprint density at radius 2 is 1.58 bits per heavy atom. The third-order valence-corrected chi connectivity index (χ3v) is 13.3. The SMILES string of the molecule is CC[C@H]1CCC[C@H](O[C@H]2CC[C@H](N(C)C)[C@@H](C)O2)[C@@H](C)C(=O)C2=C[C@H]3C4C[C@H](OC5O[C@@H](C)[C@H](OC)[C@@H](OC)[C@H]5OC)C[C@H]4C=CC3[C@@H]2CC(=O)O1. The van der Waals surface area contributed by atoms with Gasteiger partial charge in [0.05, 0.1) is 30.8 Å². The van der Waals surface area contributed by atoms with Crippen molar-refractivity contribution in [3.63, 3.8) is 0 Å². The van der Waals surface area contributed by atoms with E-state index in [2.05, 4.69) is 51.1 Å². The average molecular weight is 732 g/mol. The van der Waals surface area contributed by atoms with Gasteiger partial charge in [0.15, 0.2) is 18.4 Å². The summed E-state index contributed by atoms with van der Waals surface area (Å²) in [4.78, 5) is 30.4. The minimum atomic E-state index is -0.594. The molecule has 294 valence electrons. The maximum atomic E-state index is 14.7. The average Bonchev–Trinajstić information content (AvgIpc) is 3.70. The molecule has 6 aliphatic rings. The summed E-state index contributed by atoms with van der Waals surface area (Å²) < 4.78 is 49.5. The van der Waals surface area contributed by atoms with Gasteiger partial charge in [0, 0.05) is 39.2 Å². The molecule has 17 atom stereocenters. The molecule has 0 aromatic heterocycles. The summed E-state index contributed by atoms with van der Waals surface area (Å²) >= 11 is 0.